The van der Waals surface area contributed by atoms with Gasteiger partial charge in [0.15, 0.2) is 5.96 Å². The Balaban J connectivity index is 1.88. The molecule has 1 unspecified atom stereocenters. The zero-order valence-corrected chi connectivity index (χ0v) is 17.5. The van der Waals surface area contributed by atoms with Crippen LogP contribution in [0.4, 0.5) is 0 Å². The highest BCUT2D eigenvalue weighted by atomic mass is 16.5. The van der Waals surface area contributed by atoms with Crippen molar-refractivity contribution in [2.75, 3.05) is 39.9 Å². The number of morpholine rings is 1. The van der Waals surface area contributed by atoms with E-state index in [-0.39, 0.29) is 11.6 Å². The third kappa shape index (κ3) is 5.20. The van der Waals surface area contributed by atoms with E-state index in [1.807, 2.05) is 18.8 Å². The number of ether oxygens (including phenoxy) is 1. The SMILES string of the molecule is CN=C(NCC(C)(C)N1CCOCC1)NC(C)Cc1c(C)nn(C)c1C. The molecule has 7 heteroatoms. The van der Waals surface area contributed by atoms with Crippen molar-refractivity contribution in [3.05, 3.63) is 17.0 Å². The maximum Gasteiger partial charge on any atom is 0.191 e. The van der Waals surface area contributed by atoms with Crippen LogP contribution in [0.5, 0.6) is 0 Å². The lowest BCUT2D eigenvalue weighted by molar-refractivity contribution is -0.00834. The van der Waals surface area contributed by atoms with Gasteiger partial charge in [-0.15, -0.1) is 0 Å². The summed E-state index contributed by atoms with van der Waals surface area (Å²) < 4.78 is 7.42. The highest BCUT2D eigenvalue weighted by Gasteiger charge is 2.28. The molecule has 0 bridgehead atoms. The third-order valence-electron chi connectivity index (χ3n) is 5.33. The summed E-state index contributed by atoms with van der Waals surface area (Å²) in [5, 5.41) is 11.5. The van der Waals surface area contributed by atoms with Crippen molar-refractivity contribution < 1.29 is 4.74 Å². The number of nitrogens with one attached hydrogen (secondary N) is 2. The highest BCUT2D eigenvalue weighted by molar-refractivity contribution is 5.80. The Labute approximate surface area is 158 Å². The van der Waals surface area contributed by atoms with E-state index >= 15 is 0 Å². The van der Waals surface area contributed by atoms with Crippen molar-refractivity contribution in [3.63, 3.8) is 0 Å². The van der Waals surface area contributed by atoms with Gasteiger partial charge in [-0.25, -0.2) is 0 Å². The van der Waals surface area contributed by atoms with E-state index in [1.165, 1.54) is 11.3 Å². The average Bonchev–Trinajstić information content (AvgIpc) is 2.85. The predicted molar refractivity (Wildman–Crippen MR) is 107 cm³/mol. The Hall–Kier alpha value is -1.60. The second kappa shape index (κ2) is 8.86. The molecule has 0 aromatic carbocycles. The van der Waals surface area contributed by atoms with Crippen LogP contribution in [0.3, 0.4) is 0 Å². The molecule has 0 amide bonds. The lowest BCUT2D eigenvalue weighted by Gasteiger charge is -2.41. The molecule has 1 aliphatic heterocycles. The second-order valence-electron chi connectivity index (χ2n) is 7.86. The van der Waals surface area contributed by atoms with Crippen molar-refractivity contribution >= 4 is 5.96 Å². The first kappa shape index (κ1) is 20.7. The molecule has 0 radical (unpaired) electrons. The monoisotopic (exact) mass is 364 g/mol. The van der Waals surface area contributed by atoms with Gasteiger partial charge in [0, 0.05) is 51.0 Å². The smallest absolute Gasteiger partial charge is 0.191 e. The van der Waals surface area contributed by atoms with Crippen LogP contribution in [0, 0.1) is 13.8 Å². The molecule has 1 fully saturated rings. The van der Waals surface area contributed by atoms with E-state index in [2.05, 4.69) is 60.2 Å². The molecule has 1 aromatic rings. The first-order valence-corrected chi connectivity index (χ1v) is 9.53. The number of aryl methyl sites for hydroxylation is 2. The molecular formula is C19H36N6O. The van der Waals surface area contributed by atoms with Gasteiger partial charge in [-0.2, -0.15) is 5.10 Å². The van der Waals surface area contributed by atoms with Gasteiger partial charge in [0.2, 0.25) is 0 Å². The van der Waals surface area contributed by atoms with Gasteiger partial charge in [-0.3, -0.25) is 14.6 Å². The van der Waals surface area contributed by atoms with Crippen LogP contribution in [0.15, 0.2) is 4.99 Å². The molecule has 0 spiro atoms. The average molecular weight is 365 g/mol. The lowest BCUT2D eigenvalue weighted by Crippen LogP contribution is -2.57. The summed E-state index contributed by atoms with van der Waals surface area (Å²) in [6.07, 6.45) is 0.930. The zero-order valence-electron chi connectivity index (χ0n) is 17.5. The minimum atomic E-state index is 0.0567. The molecule has 1 atom stereocenters. The first-order chi connectivity index (χ1) is 12.2. The molecule has 0 saturated carbocycles. The van der Waals surface area contributed by atoms with Gasteiger partial charge < -0.3 is 15.4 Å². The van der Waals surface area contributed by atoms with Crippen molar-refractivity contribution in [2.24, 2.45) is 12.0 Å². The Morgan fingerprint density at radius 2 is 1.96 bits per heavy atom. The van der Waals surface area contributed by atoms with Crippen LogP contribution in [-0.2, 0) is 18.2 Å². The Kier molecular flexibility index (Phi) is 7.06. The largest absolute Gasteiger partial charge is 0.379 e. The van der Waals surface area contributed by atoms with E-state index < -0.39 is 0 Å². The second-order valence-corrected chi connectivity index (χ2v) is 7.86. The molecule has 7 nitrogen and oxygen atoms in total. The number of hydrogen-bond donors (Lipinski definition) is 2. The minimum absolute atomic E-state index is 0.0567. The number of nitrogens with zero attached hydrogens (tertiary/aromatic N) is 4. The van der Waals surface area contributed by atoms with Crippen LogP contribution in [0.2, 0.25) is 0 Å². The van der Waals surface area contributed by atoms with Crippen molar-refractivity contribution in [1.29, 1.82) is 0 Å². The van der Waals surface area contributed by atoms with Crippen LogP contribution >= 0.6 is 0 Å². The molecule has 1 saturated heterocycles. The van der Waals surface area contributed by atoms with Crippen LogP contribution < -0.4 is 10.6 Å². The molecule has 2 heterocycles. The lowest BCUT2D eigenvalue weighted by atomic mass is 10.0. The maximum absolute atomic E-state index is 5.47. The molecule has 148 valence electrons. The molecule has 2 rings (SSSR count). The maximum atomic E-state index is 5.47. The summed E-state index contributed by atoms with van der Waals surface area (Å²) in [7, 11) is 3.82. The van der Waals surface area contributed by atoms with E-state index in [4.69, 9.17) is 4.74 Å². The summed E-state index contributed by atoms with van der Waals surface area (Å²) in [5.74, 6) is 0.845. The summed E-state index contributed by atoms with van der Waals surface area (Å²) in [6, 6.07) is 0.272. The first-order valence-electron chi connectivity index (χ1n) is 9.53. The van der Waals surface area contributed by atoms with E-state index in [9.17, 15) is 0 Å². The Morgan fingerprint density at radius 1 is 1.31 bits per heavy atom. The van der Waals surface area contributed by atoms with Crippen LogP contribution in [0.1, 0.15) is 37.7 Å². The summed E-state index contributed by atoms with van der Waals surface area (Å²) >= 11 is 0. The van der Waals surface area contributed by atoms with Crippen molar-refractivity contribution in [3.8, 4) is 0 Å². The van der Waals surface area contributed by atoms with Crippen LogP contribution in [0.25, 0.3) is 0 Å². The highest BCUT2D eigenvalue weighted by Crippen LogP contribution is 2.16. The van der Waals surface area contributed by atoms with Gasteiger partial charge in [-0.1, -0.05) is 0 Å². The van der Waals surface area contributed by atoms with Gasteiger partial charge in [0.05, 0.1) is 18.9 Å². The predicted octanol–water partition coefficient (Wildman–Crippen LogP) is 1.24. The standard InChI is InChI=1S/C19H36N6O/c1-14(12-17-15(2)23-24(7)16(17)3)22-18(20-6)21-13-19(4,5)25-8-10-26-11-9-25/h14H,8-13H2,1-7H3,(H2,20,21,22). The molecule has 1 aromatic heterocycles. The van der Waals surface area contributed by atoms with Gasteiger partial charge in [-0.05, 0) is 46.6 Å². The fourth-order valence-corrected chi connectivity index (χ4v) is 3.48. The number of aromatic nitrogens is 2. The zero-order chi connectivity index (χ0) is 19.3. The normalized spacial score (nSPS) is 18.0. The molecular weight excluding hydrogens is 328 g/mol. The van der Waals surface area contributed by atoms with Gasteiger partial charge >= 0.3 is 0 Å². The topological polar surface area (TPSA) is 66.7 Å². The number of rotatable bonds is 6. The number of hydrogen-bond acceptors (Lipinski definition) is 4. The molecule has 0 aliphatic carbocycles. The molecule has 26 heavy (non-hydrogen) atoms. The van der Waals surface area contributed by atoms with Gasteiger partial charge in [0.25, 0.3) is 0 Å². The third-order valence-corrected chi connectivity index (χ3v) is 5.33. The molecule has 1 aliphatic rings. The Bertz CT molecular complexity index is 616. The minimum Gasteiger partial charge on any atom is -0.379 e. The Morgan fingerprint density at radius 3 is 2.50 bits per heavy atom. The number of aliphatic imine (C=N–C) groups is 1. The summed E-state index contributed by atoms with van der Waals surface area (Å²) in [4.78, 5) is 6.87. The van der Waals surface area contributed by atoms with E-state index in [0.717, 1.165) is 50.9 Å². The number of guanidine groups is 1. The van der Waals surface area contributed by atoms with Gasteiger partial charge in [0.1, 0.15) is 0 Å². The summed E-state index contributed by atoms with van der Waals surface area (Å²) in [6.45, 7) is 15.4. The molecule has 2 N–H and O–H groups in total. The fraction of sp³-hybridized carbons (Fsp3) is 0.789. The fourth-order valence-electron chi connectivity index (χ4n) is 3.48. The quantitative estimate of drug-likeness (QED) is 0.587. The summed E-state index contributed by atoms with van der Waals surface area (Å²) in [5.41, 5.74) is 3.71. The van der Waals surface area contributed by atoms with E-state index in [0.29, 0.717) is 0 Å². The van der Waals surface area contributed by atoms with Crippen LogP contribution in [-0.4, -0.2) is 72.1 Å². The van der Waals surface area contributed by atoms with Crippen molar-refractivity contribution in [1.82, 2.24) is 25.3 Å². The van der Waals surface area contributed by atoms with E-state index in [1.54, 1.807) is 0 Å². The van der Waals surface area contributed by atoms with Crippen molar-refractivity contribution in [2.45, 2.75) is 52.6 Å².